The van der Waals surface area contributed by atoms with Crippen LogP contribution in [0.4, 0.5) is 15.0 Å². The van der Waals surface area contributed by atoms with E-state index in [2.05, 4.69) is 19.9 Å². The second kappa shape index (κ2) is 8.35. The number of halogens is 1. The van der Waals surface area contributed by atoms with Crippen LogP contribution < -0.4 is 4.90 Å². The average Bonchev–Trinajstić information content (AvgIpc) is 3.40. The van der Waals surface area contributed by atoms with E-state index in [1.807, 2.05) is 25.1 Å². The summed E-state index contributed by atoms with van der Waals surface area (Å²) >= 11 is 0. The molecule has 2 aromatic heterocycles. The predicted octanol–water partition coefficient (Wildman–Crippen LogP) is 2.75. The third-order valence-corrected chi connectivity index (χ3v) is 7.28. The van der Waals surface area contributed by atoms with Crippen LogP contribution >= 0.6 is 0 Å². The molecule has 3 fully saturated rings. The van der Waals surface area contributed by atoms with Gasteiger partial charge in [-0.25, -0.2) is 14.2 Å². The number of piperazine rings is 1. The largest absolute Gasteiger partial charge is 0.450 e. The Kier molecular flexibility index (Phi) is 5.53. The van der Waals surface area contributed by atoms with Gasteiger partial charge in [-0.15, -0.1) is 0 Å². The van der Waals surface area contributed by atoms with E-state index >= 15 is 0 Å². The number of likely N-dealkylation sites (tertiary alicyclic amines) is 1. The van der Waals surface area contributed by atoms with Crippen molar-refractivity contribution in [3.05, 3.63) is 30.5 Å². The van der Waals surface area contributed by atoms with Gasteiger partial charge in [0.1, 0.15) is 11.6 Å². The van der Waals surface area contributed by atoms with Crippen molar-refractivity contribution in [3.63, 3.8) is 0 Å². The standard InChI is InChI=1S/C23H31FN6O2/c1-3-32-22(31)30-5-4-23(16-30)11-19(12-23)28-6-8-29(9-7-28)21-20(10-18(24)14-25-21)17-13-26-27(2)15-17/h10,13-15,19H,3-9,11-12,16H2,1-2H3/t19-,23+. The van der Waals surface area contributed by atoms with Gasteiger partial charge in [-0.05, 0) is 37.7 Å². The lowest BCUT2D eigenvalue weighted by molar-refractivity contribution is 0.00386. The van der Waals surface area contributed by atoms with Crippen LogP contribution in [0.1, 0.15) is 26.2 Å². The number of rotatable bonds is 4. The summed E-state index contributed by atoms with van der Waals surface area (Å²) in [7, 11) is 1.86. The summed E-state index contributed by atoms with van der Waals surface area (Å²) < 4.78 is 20.8. The minimum atomic E-state index is -0.334. The zero-order valence-electron chi connectivity index (χ0n) is 18.8. The van der Waals surface area contributed by atoms with Gasteiger partial charge in [-0.1, -0.05) is 0 Å². The zero-order chi connectivity index (χ0) is 22.3. The molecule has 32 heavy (non-hydrogen) atoms. The molecule has 0 unspecified atom stereocenters. The van der Waals surface area contributed by atoms with Crippen molar-refractivity contribution in [2.24, 2.45) is 12.5 Å². The molecule has 0 N–H and O–H groups in total. The summed E-state index contributed by atoms with van der Waals surface area (Å²) in [6.45, 7) is 7.59. The Balaban J connectivity index is 1.18. The first kappa shape index (κ1) is 21.2. The topological polar surface area (TPSA) is 66.7 Å². The number of nitrogens with zero attached hydrogens (tertiary/aromatic N) is 6. The first-order chi connectivity index (χ1) is 15.5. The molecule has 2 aliphatic heterocycles. The predicted molar refractivity (Wildman–Crippen MR) is 119 cm³/mol. The molecule has 4 heterocycles. The highest BCUT2D eigenvalue weighted by Crippen LogP contribution is 2.50. The van der Waals surface area contributed by atoms with E-state index in [1.54, 1.807) is 16.9 Å². The molecule has 172 valence electrons. The van der Waals surface area contributed by atoms with E-state index < -0.39 is 0 Å². The molecule has 0 bridgehead atoms. The summed E-state index contributed by atoms with van der Waals surface area (Å²) in [6.07, 6.45) is 8.16. The number of amides is 1. The summed E-state index contributed by atoms with van der Waals surface area (Å²) in [5.41, 5.74) is 1.95. The number of hydrogen-bond donors (Lipinski definition) is 0. The molecule has 9 heteroatoms. The highest BCUT2D eigenvalue weighted by molar-refractivity contribution is 5.75. The lowest BCUT2D eigenvalue weighted by atomic mass is 9.64. The van der Waals surface area contributed by atoms with Gasteiger partial charge in [-0.2, -0.15) is 5.10 Å². The van der Waals surface area contributed by atoms with Crippen LogP contribution in [-0.2, 0) is 11.8 Å². The maximum Gasteiger partial charge on any atom is 0.409 e. The quantitative estimate of drug-likeness (QED) is 0.726. The van der Waals surface area contributed by atoms with Crippen molar-refractivity contribution in [1.82, 2.24) is 24.6 Å². The Morgan fingerprint density at radius 2 is 2.00 bits per heavy atom. The van der Waals surface area contributed by atoms with Crippen molar-refractivity contribution in [3.8, 4) is 11.1 Å². The van der Waals surface area contributed by atoms with Crippen LogP contribution in [0.5, 0.6) is 0 Å². The SMILES string of the molecule is CCOC(=O)N1CC[C@]2(C1)C[C@@H](N1CCN(c3ncc(F)cc3-c3cnn(C)c3)CC1)C2. The molecule has 1 amide bonds. The molecular weight excluding hydrogens is 411 g/mol. The molecule has 0 radical (unpaired) electrons. The fourth-order valence-corrected chi connectivity index (χ4v) is 5.59. The first-order valence-electron chi connectivity index (χ1n) is 11.5. The Labute approximate surface area is 187 Å². The third-order valence-electron chi connectivity index (χ3n) is 7.28. The van der Waals surface area contributed by atoms with E-state index in [0.29, 0.717) is 12.6 Å². The van der Waals surface area contributed by atoms with Crippen LogP contribution in [0, 0.1) is 11.2 Å². The van der Waals surface area contributed by atoms with Gasteiger partial charge in [-0.3, -0.25) is 9.58 Å². The number of carbonyl (C=O) groups excluding carboxylic acids is 1. The first-order valence-corrected chi connectivity index (χ1v) is 11.5. The molecule has 3 aliphatic rings. The average molecular weight is 443 g/mol. The minimum Gasteiger partial charge on any atom is -0.450 e. The molecule has 2 aromatic rings. The molecule has 0 aromatic carbocycles. The van der Waals surface area contributed by atoms with Crippen LogP contribution in [0.15, 0.2) is 24.7 Å². The number of aryl methyl sites for hydroxylation is 1. The van der Waals surface area contributed by atoms with Crippen molar-refractivity contribution in [2.75, 3.05) is 50.8 Å². The zero-order valence-corrected chi connectivity index (χ0v) is 18.8. The Morgan fingerprint density at radius 3 is 2.69 bits per heavy atom. The molecule has 2 saturated heterocycles. The highest BCUT2D eigenvalue weighted by atomic mass is 19.1. The highest BCUT2D eigenvalue weighted by Gasteiger charge is 2.51. The van der Waals surface area contributed by atoms with Crippen molar-refractivity contribution in [1.29, 1.82) is 0 Å². The molecule has 1 aliphatic carbocycles. The fraction of sp³-hybridized carbons (Fsp3) is 0.609. The van der Waals surface area contributed by atoms with E-state index in [9.17, 15) is 9.18 Å². The maximum absolute atomic E-state index is 13.9. The van der Waals surface area contributed by atoms with Crippen LogP contribution in [-0.4, -0.2) is 82.6 Å². The van der Waals surface area contributed by atoms with Gasteiger partial charge in [0.15, 0.2) is 0 Å². The van der Waals surface area contributed by atoms with Crippen molar-refractivity contribution in [2.45, 2.75) is 32.2 Å². The van der Waals surface area contributed by atoms with Gasteiger partial charge in [0.25, 0.3) is 0 Å². The van der Waals surface area contributed by atoms with Gasteiger partial charge in [0, 0.05) is 69.7 Å². The number of aromatic nitrogens is 3. The van der Waals surface area contributed by atoms with Gasteiger partial charge in [0.05, 0.1) is 19.0 Å². The van der Waals surface area contributed by atoms with Crippen LogP contribution in [0.2, 0.25) is 0 Å². The number of carbonyl (C=O) groups is 1. The minimum absolute atomic E-state index is 0.169. The van der Waals surface area contributed by atoms with Crippen LogP contribution in [0.3, 0.4) is 0 Å². The third kappa shape index (κ3) is 3.94. The molecule has 1 spiro atoms. The van der Waals surface area contributed by atoms with Crippen molar-refractivity contribution < 1.29 is 13.9 Å². The normalized spacial score (nSPS) is 25.9. The summed E-state index contributed by atoms with van der Waals surface area (Å²) in [5, 5.41) is 4.23. The van der Waals surface area contributed by atoms with Gasteiger partial charge < -0.3 is 14.5 Å². The molecule has 1 saturated carbocycles. The molecule has 5 rings (SSSR count). The summed E-state index contributed by atoms with van der Waals surface area (Å²) in [4.78, 5) is 23.2. The number of anilines is 1. The number of hydrogen-bond acceptors (Lipinski definition) is 6. The Hall–Kier alpha value is -2.68. The van der Waals surface area contributed by atoms with E-state index in [1.165, 1.54) is 6.20 Å². The molecule has 8 nitrogen and oxygen atoms in total. The summed E-state index contributed by atoms with van der Waals surface area (Å²) in [6, 6.07) is 2.13. The summed E-state index contributed by atoms with van der Waals surface area (Å²) in [5.74, 6) is 0.490. The number of ether oxygens (including phenoxy) is 1. The number of pyridine rings is 1. The monoisotopic (exact) mass is 442 g/mol. The molecule has 0 atom stereocenters. The van der Waals surface area contributed by atoms with Gasteiger partial charge in [0.2, 0.25) is 0 Å². The van der Waals surface area contributed by atoms with Gasteiger partial charge >= 0.3 is 6.09 Å². The van der Waals surface area contributed by atoms with Crippen LogP contribution in [0.25, 0.3) is 11.1 Å². The Bertz CT molecular complexity index is 981. The van der Waals surface area contributed by atoms with E-state index in [4.69, 9.17) is 4.74 Å². The van der Waals surface area contributed by atoms with E-state index in [-0.39, 0.29) is 17.3 Å². The fourth-order valence-electron chi connectivity index (χ4n) is 5.59. The second-order valence-electron chi connectivity index (χ2n) is 9.38. The Morgan fingerprint density at radius 1 is 1.22 bits per heavy atom. The maximum atomic E-state index is 13.9. The molecular formula is C23H31FN6O2. The lowest BCUT2D eigenvalue weighted by Gasteiger charge is -2.52. The smallest absolute Gasteiger partial charge is 0.409 e. The van der Waals surface area contributed by atoms with E-state index in [0.717, 1.165) is 75.5 Å². The lowest BCUT2D eigenvalue weighted by Crippen LogP contribution is -2.58. The second-order valence-corrected chi connectivity index (χ2v) is 9.38. The van der Waals surface area contributed by atoms with Crippen molar-refractivity contribution >= 4 is 11.9 Å².